The highest BCUT2D eigenvalue weighted by Gasteiger charge is 2.16. The molecule has 0 radical (unpaired) electrons. The molecule has 0 aromatic heterocycles. The van der Waals surface area contributed by atoms with E-state index in [0.29, 0.717) is 0 Å². The molecular formula is C20H19NO. The largest absolute Gasteiger partial charge is 0.481 e. The van der Waals surface area contributed by atoms with Crippen LogP contribution in [0.2, 0.25) is 0 Å². The van der Waals surface area contributed by atoms with Crippen LogP contribution < -0.4 is 10.5 Å². The molecule has 0 heterocycles. The fourth-order valence-electron chi connectivity index (χ4n) is 2.52. The van der Waals surface area contributed by atoms with E-state index in [9.17, 15) is 0 Å². The van der Waals surface area contributed by atoms with E-state index in [-0.39, 0.29) is 6.10 Å². The fourth-order valence-corrected chi connectivity index (χ4v) is 2.52. The van der Waals surface area contributed by atoms with E-state index in [1.54, 1.807) is 0 Å². The van der Waals surface area contributed by atoms with Gasteiger partial charge in [-0.2, -0.15) is 0 Å². The monoisotopic (exact) mass is 289 g/mol. The van der Waals surface area contributed by atoms with Gasteiger partial charge in [-0.15, -0.1) is 0 Å². The first kappa shape index (κ1) is 14.2. The lowest BCUT2D eigenvalue weighted by Gasteiger charge is -2.21. The van der Waals surface area contributed by atoms with Gasteiger partial charge in [0, 0.05) is 5.69 Å². The summed E-state index contributed by atoms with van der Waals surface area (Å²) in [5, 5.41) is 0. The van der Waals surface area contributed by atoms with Gasteiger partial charge in [0.25, 0.3) is 0 Å². The Bertz CT molecular complexity index is 699. The average molecular weight is 289 g/mol. The fraction of sp³-hybridized carbons (Fsp3) is 0.100. The first-order valence-corrected chi connectivity index (χ1v) is 7.37. The third-order valence-corrected chi connectivity index (χ3v) is 3.65. The van der Waals surface area contributed by atoms with Crippen molar-refractivity contribution in [3.63, 3.8) is 0 Å². The van der Waals surface area contributed by atoms with Crippen molar-refractivity contribution in [3.8, 4) is 5.75 Å². The summed E-state index contributed by atoms with van der Waals surface area (Å²) in [5.41, 5.74) is 9.87. The summed E-state index contributed by atoms with van der Waals surface area (Å²) in [6.45, 7) is 2.01. The minimum Gasteiger partial charge on any atom is -0.481 e. The molecule has 0 aliphatic heterocycles. The van der Waals surface area contributed by atoms with Crippen LogP contribution in [-0.4, -0.2) is 0 Å². The minimum absolute atomic E-state index is 0.135. The molecule has 0 aliphatic carbocycles. The van der Waals surface area contributed by atoms with Crippen LogP contribution in [0.3, 0.4) is 0 Å². The van der Waals surface area contributed by atoms with Crippen LogP contribution in [0.1, 0.15) is 22.8 Å². The number of ether oxygens (including phenoxy) is 1. The molecule has 110 valence electrons. The van der Waals surface area contributed by atoms with Crippen LogP contribution in [0.25, 0.3) is 0 Å². The Kier molecular flexibility index (Phi) is 4.10. The van der Waals surface area contributed by atoms with Gasteiger partial charge in [0.1, 0.15) is 11.9 Å². The Morgan fingerprint density at radius 2 is 1.32 bits per heavy atom. The van der Waals surface area contributed by atoms with E-state index in [0.717, 1.165) is 28.1 Å². The van der Waals surface area contributed by atoms with E-state index >= 15 is 0 Å². The number of aryl methyl sites for hydroxylation is 1. The first-order chi connectivity index (χ1) is 10.7. The van der Waals surface area contributed by atoms with E-state index in [4.69, 9.17) is 10.5 Å². The van der Waals surface area contributed by atoms with Crippen LogP contribution in [0.4, 0.5) is 5.69 Å². The molecule has 2 heteroatoms. The van der Waals surface area contributed by atoms with Crippen molar-refractivity contribution in [2.24, 2.45) is 0 Å². The summed E-state index contributed by atoms with van der Waals surface area (Å²) < 4.78 is 6.32. The standard InChI is InChI=1S/C20H19NO/c1-15-14-18(21)12-13-19(15)22-20(16-8-4-2-5-9-16)17-10-6-3-7-11-17/h2-14,20H,21H2,1H3. The van der Waals surface area contributed by atoms with E-state index in [2.05, 4.69) is 24.3 Å². The maximum absolute atomic E-state index is 6.32. The Morgan fingerprint density at radius 1 is 0.773 bits per heavy atom. The zero-order valence-electron chi connectivity index (χ0n) is 12.6. The Labute approximate surface area is 131 Å². The van der Waals surface area contributed by atoms with Gasteiger partial charge in [-0.25, -0.2) is 0 Å². The quantitative estimate of drug-likeness (QED) is 0.704. The van der Waals surface area contributed by atoms with Gasteiger partial charge >= 0.3 is 0 Å². The van der Waals surface area contributed by atoms with E-state index in [1.807, 2.05) is 61.5 Å². The lowest BCUT2D eigenvalue weighted by atomic mass is 10.0. The highest BCUT2D eigenvalue weighted by Crippen LogP contribution is 2.30. The Hall–Kier alpha value is -2.74. The second-order valence-electron chi connectivity index (χ2n) is 5.34. The normalized spacial score (nSPS) is 10.6. The van der Waals surface area contributed by atoms with Gasteiger partial charge < -0.3 is 10.5 Å². The summed E-state index contributed by atoms with van der Waals surface area (Å²) >= 11 is 0. The molecule has 2 nitrogen and oxygen atoms in total. The maximum atomic E-state index is 6.32. The number of hydrogen-bond acceptors (Lipinski definition) is 2. The SMILES string of the molecule is Cc1cc(N)ccc1OC(c1ccccc1)c1ccccc1. The molecule has 3 rings (SSSR count). The zero-order chi connectivity index (χ0) is 15.4. The number of rotatable bonds is 4. The molecule has 0 fully saturated rings. The molecule has 0 amide bonds. The van der Waals surface area contributed by atoms with Crippen LogP contribution >= 0.6 is 0 Å². The first-order valence-electron chi connectivity index (χ1n) is 7.37. The van der Waals surface area contributed by atoms with Crippen LogP contribution in [0.15, 0.2) is 78.9 Å². The molecule has 0 aliphatic rings. The smallest absolute Gasteiger partial charge is 0.149 e. The topological polar surface area (TPSA) is 35.2 Å². The predicted octanol–water partition coefficient (Wildman–Crippen LogP) is 4.75. The molecule has 0 saturated carbocycles. The lowest BCUT2D eigenvalue weighted by Crippen LogP contribution is -2.10. The second kappa shape index (κ2) is 6.35. The van der Waals surface area contributed by atoms with Gasteiger partial charge in [-0.05, 0) is 41.8 Å². The Balaban J connectivity index is 1.99. The number of benzene rings is 3. The molecule has 0 unspecified atom stereocenters. The van der Waals surface area contributed by atoms with Crippen molar-refractivity contribution < 1.29 is 4.74 Å². The van der Waals surface area contributed by atoms with Gasteiger partial charge in [0.2, 0.25) is 0 Å². The van der Waals surface area contributed by atoms with E-state index < -0.39 is 0 Å². The zero-order valence-corrected chi connectivity index (χ0v) is 12.6. The van der Waals surface area contributed by atoms with Gasteiger partial charge in [-0.1, -0.05) is 60.7 Å². The van der Waals surface area contributed by atoms with Crippen molar-refractivity contribution >= 4 is 5.69 Å². The summed E-state index contributed by atoms with van der Waals surface area (Å²) in [5.74, 6) is 0.854. The predicted molar refractivity (Wildman–Crippen MR) is 90.9 cm³/mol. The third-order valence-electron chi connectivity index (χ3n) is 3.65. The van der Waals surface area contributed by atoms with Crippen LogP contribution in [0.5, 0.6) is 5.75 Å². The van der Waals surface area contributed by atoms with Crippen molar-refractivity contribution in [2.45, 2.75) is 13.0 Å². The lowest BCUT2D eigenvalue weighted by molar-refractivity contribution is 0.245. The molecule has 0 saturated heterocycles. The molecule has 0 atom stereocenters. The highest BCUT2D eigenvalue weighted by atomic mass is 16.5. The van der Waals surface area contributed by atoms with Gasteiger partial charge in [-0.3, -0.25) is 0 Å². The van der Waals surface area contributed by atoms with E-state index in [1.165, 1.54) is 0 Å². The number of nitrogens with two attached hydrogens (primary N) is 1. The van der Waals surface area contributed by atoms with Crippen molar-refractivity contribution in [2.75, 3.05) is 5.73 Å². The summed E-state index contributed by atoms with van der Waals surface area (Å²) in [7, 11) is 0. The summed E-state index contributed by atoms with van der Waals surface area (Å²) in [4.78, 5) is 0. The van der Waals surface area contributed by atoms with Crippen LogP contribution in [0, 0.1) is 6.92 Å². The molecule has 0 spiro atoms. The van der Waals surface area contributed by atoms with Gasteiger partial charge in [0.15, 0.2) is 0 Å². The van der Waals surface area contributed by atoms with Crippen molar-refractivity contribution in [1.29, 1.82) is 0 Å². The number of hydrogen-bond donors (Lipinski definition) is 1. The molecule has 0 bridgehead atoms. The number of anilines is 1. The van der Waals surface area contributed by atoms with Crippen molar-refractivity contribution in [1.82, 2.24) is 0 Å². The number of nitrogen functional groups attached to an aromatic ring is 1. The molecule has 3 aromatic carbocycles. The van der Waals surface area contributed by atoms with Crippen molar-refractivity contribution in [3.05, 3.63) is 95.6 Å². The maximum Gasteiger partial charge on any atom is 0.149 e. The minimum atomic E-state index is -0.135. The Morgan fingerprint density at radius 3 is 1.82 bits per heavy atom. The summed E-state index contributed by atoms with van der Waals surface area (Å²) in [6, 6.07) is 26.2. The highest BCUT2D eigenvalue weighted by molar-refractivity contribution is 5.47. The molecule has 3 aromatic rings. The molecule has 22 heavy (non-hydrogen) atoms. The average Bonchev–Trinajstić information content (AvgIpc) is 2.56. The molecule has 2 N–H and O–H groups in total. The second-order valence-corrected chi connectivity index (χ2v) is 5.34. The molecular weight excluding hydrogens is 270 g/mol. The van der Waals surface area contributed by atoms with Crippen LogP contribution in [-0.2, 0) is 0 Å². The third kappa shape index (κ3) is 3.12. The van der Waals surface area contributed by atoms with Gasteiger partial charge in [0.05, 0.1) is 0 Å². The summed E-state index contributed by atoms with van der Waals surface area (Å²) in [6.07, 6.45) is -0.135.